The van der Waals surface area contributed by atoms with Crippen LogP contribution in [-0.4, -0.2) is 34.9 Å². The van der Waals surface area contributed by atoms with Crippen LogP contribution in [0.4, 0.5) is 4.39 Å². The molecule has 0 aliphatic heterocycles. The second-order valence-electron chi connectivity index (χ2n) is 8.18. The van der Waals surface area contributed by atoms with Crippen LogP contribution in [0.1, 0.15) is 39.7 Å². The Kier molecular flexibility index (Phi) is 8.71. The molecule has 2 aromatic carbocycles. The number of nitrogens with zero attached hydrogens (tertiary/aromatic N) is 1. The van der Waals surface area contributed by atoms with Crippen LogP contribution in [0.15, 0.2) is 42.5 Å². The molecule has 0 unspecified atom stereocenters. The third kappa shape index (κ3) is 7.71. The third-order valence-corrected chi connectivity index (χ3v) is 5.14. The molecule has 2 rings (SSSR count). The van der Waals surface area contributed by atoms with E-state index in [2.05, 4.69) is 5.32 Å². The maximum absolute atomic E-state index is 13.1. The van der Waals surface area contributed by atoms with E-state index in [-0.39, 0.29) is 25.0 Å². The van der Waals surface area contributed by atoms with Gasteiger partial charge in [0.25, 0.3) is 5.91 Å². The standard InChI is InChI=1S/C23H27Cl2FN2O3/c1-5-20(22(30)27-23(2,3)4)28(13-15-6-11-18(24)19(25)12-15)21(29)14-31-17-9-7-16(26)8-10-17/h6-12,20H,5,13-14H2,1-4H3,(H,27,30)/t20-/m1/s1. The fourth-order valence-corrected chi connectivity index (χ4v) is 3.29. The number of carbonyl (C=O) groups is 2. The van der Waals surface area contributed by atoms with E-state index in [9.17, 15) is 14.0 Å². The van der Waals surface area contributed by atoms with Crippen molar-refractivity contribution in [1.82, 2.24) is 10.2 Å². The molecule has 0 spiro atoms. The molecular weight excluding hydrogens is 442 g/mol. The average Bonchev–Trinajstić information content (AvgIpc) is 2.68. The van der Waals surface area contributed by atoms with Crippen LogP contribution < -0.4 is 10.1 Å². The number of amides is 2. The lowest BCUT2D eigenvalue weighted by Gasteiger charge is -2.33. The molecule has 31 heavy (non-hydrogen) atoms. The number of hydrogen-bond donors (Lipinski definition) is 1. The maximum Gasteiger partial charge on any atom is 0.261 e. The van der Waals surface area contributed by atoms with E-state index in [1.165, 1.54) is 29.2 Å². The summed E-state index contributed by atoms with van der Waals surface area (Å²) in [5.41, 5.74) is 0.277. The van der Waals surface area contributed by atoms with Crippen molar-refractivity contribution >= 4 is 35.0 Å². The lowest BCUT2D eigenvalue weighted by atomic mass is 10.1. The Balaban J connectivity index is 2.25. The van der Waals surface area contributed by atoms with Crippen molar-refractivity contribution in [1.29, 1.82) is 0 Å². The van der Waals surface area contributed by atoms with Crippen LogP contribution in [0.5, 0.6) is 5.75 Å². The van der Waals surface area contributed by atoms with E-state index in [1.807, 2.05) is 27.7 Å². The monoisotopic (exact) mass is 468 g/mol. The molecule has 8 heteroatoms. The van der Waals surface area contributed by atoms with Gasteiger partial charge in [-0.15, -0.1) is 0 Å². The second kappa shape index (κ2) is 10.8. The van der Waals surface area contributed by atoms with Crippen LogP contribution >= 0.6 is 23.2 Å². The van der Waals surface area contributed by atoms with Crippen molar-refractivity contribution in [2.45, 2.75) is 52.2 Å². The van der Waals surface area contributed by atoms with Crippen molar-refractivity contribution in [3.63, 3.8) is 0 Å². The fraction of sp³-hybridized carbons (Fsp3) is 0.391. The quantitative estimate of drug-likeness (QED) is 0.576. The number of rotatable bonds is 8. The van der Waals surface area contributed by atoms with Crippen LogP contribution in [0.25, 0.3) is 0 Å². The Hall–Kier alpha value is -2.31. The minimum atomic E-state index is -0.710. The highest BCUT2D eigenvalue weighted by Gasteiger charge is 2.31. The van der Waals surface area contributed by atoms with Gasteiger partial charge in [0.2, 0.25) is 5.91 Å². The van der Waals surface area contributed by atoms with Gasteiger partial charge in [0.05, 0.1) is 10.0 Å². The zero-order valence-electron chi connectivity index (χ0n) is 18.0. The average molecular weight is 469 g/mol. The van der Waals surface area contributed by atoms with Gasteiger partial charge in [-0.1, -0.05) is 36.2 Å². The van der Waals surface area contributed by atoms with E-state index in [0.717, 1.165) is 5.56 Å². The van der Waals surface area contributed by atoms with Gasteiger partial charge in [-0.2, -0.15) is 0 Å². The van der Waals surface area contributed by atoms with Gasteiger partial charge in [0.1, 0.15) is 17.6 Å². The summed E-state index contributed by atoms with van der Waals surface area (Å²) >= 11 is 12.1. The predicted octanol–water partition coefficient (Wildman–Crippen LogP) is 5.23. The molecule has 2 amide bonds. The molecule has 0 aliphatic rings. The first-order valence-electron chi connectivity index (χ1n) is 9.94. The number of ether oxygens (including phenoxy) is 1. The summed E-state index contributed by atoms with van der Waals surface area (Å²) in [6.45, 7) is 7.31. The Morgan fingerprint density at radius 2 is 1.74 bits per heavy atom. The smallest absolute Gasteiger partial charge is 0.261 e. The highest BCUT2D eigenvalue weighted by Crippen LogP contribution is 2.24. The molecule has 2 aromatic rings. The number of hydrogen-bond acceptors (Lipinski definition) is 3. The number of nitrogens with one attached hydrogen (secondary N) is 1. The topological polar surface area (TPSA) is 58.6 Å². The fourth-order valence-electron chi connectivity index (χ4n) is 2.97. The number of halogens is 3. The maximum atomic E-state index is 13.1. The minimum absolute atomic E-state index is 0.151. The molecule has 0 fully saturated rings. The van der Waals surface area contributed by atoms with E-state index < -0.39 is 17.4 Å². The van der Waals surface area contributed by atoms with Crippen molar-refractivity contribution < 1.29 is 18.7 Å². The molecule has 0 heterocycles. The van der Waals surface area contributed by atoms with Gasteiger partial charge in [0.15, 0.2) is 6.61 Å². The molecule has 0 saturated heterocycles. The highest BCUT2D eigenvalue weighted by atomic mass is 35.5. The SMILES string of the molecule is CC[C@H](C(=O)NC(C)(C)C)N(Cc1ccc(Cl)c(Cl)c1)C(=O)COc1ccc(F)cc1. The van der Waals surface area contributed by atoms with Gasteiger partial charge in [-0.25, -0.2) is 4.39 Å². The minimum Gasteiger partial charge on any atom is -0.484 e. The Morgan fingerprint density at radius 3 is 2.29 bits per heavy atom. The third-order valence-electron chi connectivity index (χ3n) is 4.40. The summed E-state index contributed by atoms with van der Waals surface area (Å²) < 4.78 is 18.6. The molecule has 1 N–H and O–H groups in total. The normalized spacial score (nSPS) is 12.2. The summed E-state index contributed by atoms with van der Waals surface area (Å²) in [6.07, 6.45) is 0.408. The molecule has 1 atom stereocenters. The number of carbonyl (C=O) groups excluding carboxylic acids is 2. The summed E-state index contributed by atoms with van der Waals surface area (Å²) in [5.74, 6) is -0.683. The van der Waals surface area contributed by atoms with Crippen molar-refractivity contribution in [3.05, 3.63) is 63.9 Å². The van der Waals surface area contributed by atoms with Gasteiger partial charge < -0.3 is 15.0 Å². The van der Waals surface area contributed by atoms with Crippen molar-refractivity contribution in [2.24, 2.45) is 0 Å². The summed E-state index contributed by atoms with van der Waals surface area (Å²) in [7, 11) is 0. The predicted molar refractivity (Wildman–Crippen MR) is 121 cm³/mol. The molecule has 168 valence electrons. The molecule has 0 radical (unpaired) electrons. The molecule has 0 saturated carbocycles. The van der Waals surface area contributed by atoms with E-state index in [1.54, 1.807) is 18.2 Å². The molecule has 0 aromatic heterocycles. The van der Waals surface area contributed by atoms with Crippen LogP contribution in [0.2, 0.25) is 10.0 Å². The molecule has 0 bridgehead atoms. The van der Waals surface area contributed by atoms with E-state index in [0.29, 0.717) is 22.2 Å². The van der Waals surface area contributed by atoms with Crippen LogP contribution in [0.3, 0.4) is 0 Å². The Bertz CT molecular complexity index is 914. The number of benzene rings is 2. The summed E-state index contributed by atoms with van der Waals surface area (Å²) in [4.78, 5) is 27.5. The first-order valence-corrected chi connectivity index (χ1v) is 10.7. The first kappa shape index (κ1) is 25.0. The van der Waals surface area contributed by atoms with Crippen LogP contribution in [0, 0.1) is 5.82 Å². The second-order valence-corrected chi connectivity index (χ2v) is 8.99. The summed E-state index contributed by atoms with van der Waals surface area (Å²) in [5, 5.41) is 3.69. The molecule has 5 nitrogen and oxygen atoms in total. The molecule has 0 aliphatic carbocycles. The first-order chi connectivity index (χ1) is 14.5. The zero-order valence-corrected chi connectivity index (χ0v) is 19.6. The van der Waals surface area contributed by atoms with E-state index in [4.69, 9.17) is 27.9 Å². The van der Waals surface area contributed by atoms with Gasteiger partial charge >= 0.3 is 0 Å². The highest BCUT2D eigenvalue weighted by molar-refractivity contribution is 6.42. The van der Waals surface area contributed by atoms with Gasteiger partial charge in [-0.05, 0) is 69.2 Å². The Labute approximate surface area is 192 Å². The van der Waals surface area contributed by atoms with E-state index >= 15 is 0 Å². The van der Waals surface area contributed by atoms with Gasteiger partial charge in [-0.3, -0.25) is 9.59 Å². The lowest BCUT2D eigenvalue weighted by Crippen LogP contribution is -2.54. The Morgan fingerprint density at radius 1 is 1.10 bits per heavy atom. The van der Waals surface area contributed by atoms with Crippen molar-refractivity contribution in [3.8, 4) is 5.75 Å². The van der Waals surface area contributed by atoms with Crippen molar-refractivity contribution in [2.75, 3.05) is 6.61 Å². The summed E-state index contributed by atoms with van der Waals surface area (Å²) in [6, 6.07) is 9.73. The zero-order chi connectivity index (χ0) is 23.2. The lowest BCUT2D eigenvalue weighted by molar-refractivity contribution is -0.143. The molecular formula is C23H27Cl2FN2O3. The van der Waals surface area contributed by atoms with Gasteiger partial charge in [0, 0.05) is 12.1 Å². The largest absolute Gasteiger partial charge is 0.484 e. The van der Waals surface area contributed by atoms with Crippen LogP contribution in [-0.2, 0) is 16.1 Å².